The van der Waals surface area contributed by atoms with Crippen molar-refractivity contribution in [1.29, 1.82) is 0 Å². The van der Waals surface area contributed by atoms with Gasteiger partial charge in [0, 0.05) is 11.3 Å². The van der Waals surface area contributed by atoms with Crippen LogP contribution in [0.5, 0.6) is 5.75 Å². The summed E-state index contributed by atoms with van der Waals surface area (Å²) < 4.78 is 23.3. The number of nitrogens with one attached hydrogen (secondary N) is 1. The number of esters is 1. The van der Waals surface area contributed by atoms with Crippen molar-refractivity contribution in [2.45, 2.75) is 13.5 Å². The molecule has 3 aromatic rings. The van der Waals surface area contributed by atoms with Crippen LogP contribution in [0.1, 0.15) is 6.92 Å². The Morgan fingerprint density at radius 1 is 1.17 bits per heavy atom. The highest BCUT2D eigenvalue weighted by molar-refractivity contribution is 5.90. The summed E-state index contributed by atoms with van der Waals surface area (Å²) in [4.78, 5) is 24.5. The van der Waals surface area contributed by atoms with Crippen LogP contribution in [0.3, 0.4) is 0 Å². The Labute approximate surface area is 165 Å². The van der Waals surface area contributed by atoms with E-state index in [4.69, 9.17) is 9.47 Å². The Balaban J connectivity index is 1.56. The molecule has 1 heterocycles. The minimum atomic E-state index is -0.447. The zero-order valence-electron chi connectivity index (χ0n) is 15.5. The van der Waals surface area contributed by atoms with Crippen LogP contribution < -0.4 is 10.1 Å². The van der Waals surface area contributed by atoms with Crippen molar-refractivity contribution in [2.24, 2.45) is 0 Å². The molecule has 9 nitrogen and oxygen atoms in total. The zero-order chi connectivity index (χ0) is 20.6. The summed E-state index contributed by atoms with van der Waals surface area (Å²) in [7, 11) is 0. The van der Waals surface area contributed by atoms with Gasteiger partial charge in [-0.15, -0.1) is 10.2 Å². The van der Waals surface area contributed by atoms with Crippen molar-refractivity contribution >= 4 is 17.6 Å². The molecule has 0 saturated carbocycles. The molecule has 0 spiro atoms. The van der Waals surface area contributed by atoms with Crippen LogP contribution in [0.25, 0.3) is 11.4 Å². The summed E-state index contributed by atoms with van der Waals surface area (Å²) >= 11 is 0. The molecule has 0 aliphatic rings. The molecule has 0 bridgehead atoms. The lowest BCUT2D eigenvalue weighted by Gasteiger charge is -2.05. The normalized spacial score (nSPS) is 10.4. The quantitative estimate of drug-likeness (QED) is 0.578. The molecule has 3 rings (SSSR count). The Bertz CT molecular complexity index is 990. The van der Waals surface area contributed by atoms with E-state index in [1.807, 2.05) is 0 Å². The molecular weight excluding hydrogens is 381 g/mol. The number of aromatic nitrogens is 4. The van der Waals surface area contributed by atoms with Crippen LogP contribution in [-0.2, 0) is 20.9 Å². The van der Waals surface area contributed by atoms with Gasteiger partial charge >= 0.3 is 5.97 Å². The summed E-state index contributed by atoms with van der Waals surface area (Å²) in [6.45, 7) is 1.66. The average Bonchev–Trinajstić information content (AvgIpc) is 3.15. The van der Waals surface area contributed by atoms with Crippen molar-refractivity contribution in [3.8, 4) is 17.1 Å². The third kappa shape index (κ3) is 5.83. The minimum Gasteiger partial charge on any atom is -0.482 e. The van der Waals surface area contributed by atoms with E-state index in [9.17, 15) is 14.0 Å². The Morgan fingerprint density at radius 3 is 2.69 bits per heavy atom. The molecule has 0 fully saturated rings. The first-order valence-electron chi connectivity index (χ1n) is 8.75. The summed E-state index contributed by atoms with van der Waals surface area (Å²) in [5, 5.41) is 14.5. The number of carbonyl (C=O) groups excluding carboxylic acids is 2. The number of hydrogen-bond donors (Lipinski definition) is 1. The van der Waals surface area contributed by atoms with Gasteiger partial charge in [-0.1, -0.05) is 6.07 Å². The lowest BCUT2D eigenvalue weighted by molar-refractivity contribution is -0.145. The summed E-state index contributed by atoms with van der Waals surface area (Å²) in [5.74, 6) is -0.497. The second-order valence-corrected chi connectivity index (χ2v) is 5.82. The van der Waals surface area contributed by atoms with Gasteiger partial charge in [-0.25, -0.2) is 9.18 Å². The van der Waals surface area contributed by atoms with Crippen molar-refractivity contribution in [2.75, 3.05) is 18.5 Å². The van der Waals surface area contributed by atoms with E-state index in [0.717, 1.165) is 4.80 Å². The number of ether oxygens (including phenoxy) is 2. The maximum atomic E-state index is 13.2. The van der Waals surface area contributed by atoms with Gasteiger partial charge in [0.2, 0.25) is 11.7 Å². The third-order valence-electron chi connectivity index (χ3n) is 3.62. The summed E-state index contributed by atoms with van der Waals surface area (Å²) in [6, 6.07) is 12.3. The number of tetrazole rings is 1. The molecule has 0 atom stereocenters. The van der Waals surface area contributed by atoms with Gasteiger partial charge in [-0.2, -0.15) is 4.80 Å². The molecule has 1 aromatic heterocycles. The van der Waals surface area contributed by atoms with Crippen LogP contribution >= 0.6 is 0 Å². The molecule has 0 unspecified atom stereocenters. The van der Waals surface area contributed by atoms with E-state index in [0.29, 0.717) is 29.4 Å². The number of halogens is 1. The highest BCUT2D eigenvalue weighted by atomic mass is 19.1. The van der Waals surface area contributed by atoms with Gasteiger partial charge in [0.05, 0.1) is 6.61 Å². The molecule has 10 heteroatoms. The van der Waals surface area contributed by atoms with Crippen LogP contribution in [-0.4, -0.2) is 45.3 Å². The van der Waals surface area contributed by atoms with Crippen molar-refractivity contribution < 1.29 is 23.5 Å². The van der Waals surface area contributed by atoms with Gasteiger partial charge in [-0.3, -0.25) is 4.79 Å². The number of carbonyl (C=O) groups is 2. The fourth-order valence-electron chi connectivity index (χ4n) is 2.37. The van der Waals surface area contributed by atoms with Gasteiger partial charge in [0.1, 0.15) is 18.1 Å². The highest BCUT2D eigenvalue weighted by Gasteiger charge is 2.11. The number of amides is 1. The number of benzene rings is 2. The third-order valence-corrected chi connectivity index (χ3v) is 3.62. The van der Waals surface area contributed by atoms with Gasteiger partial charge in [0.25, 0.3) is 0 Å². The minimum absolute atomic E-state index is 0.176. The molecule has 29 heavy (non-hydrogen) atoms. The lowest BCUT2D eigenvalue weighted by atomic mass is 10.2. The van der Waals surface area contributed by atoms with Crippen LogP contribution in [0.4, 0.5) is 10.1 Å². The largest absolute Gasteiger partial charge is 0.482 e. The van der Waals surface area contributed by atoms with Crippen molar-refractivity contribution in [3.05, 3.63) is 54.3 Å². The van der Waals surface area contributed by atoms with Gasteiger partial charge < -0.3 is 14.8 Å². The second-order valence-electron chi connectivity index (χ2n) is 5.82. The van der Waals surface area contributed by atoms with Crippen LogP contribution in [0, 0.1) is 5.82 Å². The Morgan fingerprint density at radius 2 is 1.97 bits per heavy atom. The van der Waals surface area contributed by atoms with E-state index >= 15 is 0 Å². The SMILES string of the molecule is CCOC(=O)COc1ccc(-c2nnn(CC(=O)Nc3cccc(F)c3)n2)cc1. The van der Waals surface area contributed by atoms with E-state index in [-0.39, 0.29) is 13.2 Å². The zero-order valence-corrected chi connectivity index (χ0v) is 15.5. The molecule has 0 saturated heterocycles. The van der Waals surface area contributed by atoms with E-state index in [1.54, 1.807) is 37.3 Å². The molecule has 0 aliphatic carbocycles. The molecule has 0 aliphatic heterocycles. The maximum absolute atomic E-state index is 13.2. The maximum Gasteiger partial charge on any atom is 0.344 e. The van der Waals surface area contributed by atoms with Crippen molar-refractivity contribution in [1.82, 2.24) is 20.2 Å². The van der Waals surface area contributed by atoms with Gasteiger partial charge in [0.15, 0.2) is 6.61 Å². The Hall–Kier alpha value is -3.82. The first-order valence-corrected chi connectivity index (χ1v) is 8.75. The molecule has 1 N–H and O–H groups in total. The number of hydrogen-bond acceptors (Lipinski definition) is 7. The average molecular weight is 399 g/mol. The van der Waals surface area contributed by atoms with Crippen molar-refractivity contribution in [3.63, 3.8) is 0 Å². The van der Waals surface area contributed by atoms with E-state index in [2.05, 4.69) is 20.7 Å². The molecule has 150 valence electrons. The predicted molar refractivity (Wildman–Crippen MR) is 100 cm³/mol. The molecule has 0 radical (unpaired) electrons. The molecule has 1 amide bonds. The topological polar surface area (TPSA) is 108 Å². The standard InChI is InChI=1S/C19H18FN5O4/c1-2-28-18(27)12-29-16-8-6-13(7-9-16)19-22-24-25(23-19)11-17(26)21-15-5-3-4-14(20)10-15/h3-10H,2,11-12H2,1H3,(H,21,26). The monoisotopic (exact) mass is 399 g/mol. The first-order chi connectivity index (χ1) is 14.0. The summed E-state index contributed by atoms with van der Waals surface area (Å²) in [6.07, 6.45) is 0. The highest BCUT2D eigenvalue weighted by Crippen LogP contribution is 2.18. The number of rotatable bonds is 8. The Kier molecular flexibility index (Phi) is 6.46. The fraction of sp³-hybridized carbons (Fsp3) is 0.211. The molecule has 2 aromatic carbocycles. The first kappa shape index (κ1) is 19.9. The number of nitrogens with zero attached hydrogens (tertiary/aromatic N) is 4. The second kappa shape index (κ2) is 9.40. The lowest BCUT2D eigenvalue weighted by Crippen LogP contribution is -2.20. The summed E-state index contributed by atoms with van der Waals surface area (Å²) in [5.41, 5.74) is 0.999. The van der Waals surface area contributed by atoms with E-state index < -0.39 is 17.7 Å². The van der Waals surface area contributed by atoms with Gasteiger partial charge in [-0.05, 0) is 54.6 Å². The fourth-order valence-corrected chi connectivity index (χ4v) is 2.37. The van der Waals surface area contributed by atoms with Crippen LogP contribution in [0.2, 0.25) is 0 Å². The van der Waals surface area contributed by atoms with Crippen LogP contribution in [0.15, 0.2) is 48.5 Å². The van der Waals surface area contributed by atoms with E-state index in [1.165, 1.54) is 18.2 Å². The smallest absolute Gasteiger partial charge is 0.344 e. The predicted octanol–water partition coefficient (Wildman–Crippen LogP) is 2.06. The number of anilines is 1. The molecular formula is C19H18FN5O4.